The minimum absolute atomic E-state index is 0.140. The smallest absolute Gasteiger partial charge is 0.324 e. The van der Waals surface area contributed by atoms with E-state index in [-0.39, 0.29) is 17.4 Å². The minimum Gasteiger partial charge on any atom is -0.354 e. The fourth-order valence-corrected chi connectivity index (χ4v) is 4.25. The van der Waals surface area contributed by atoms with Crippen LogP contribution in [0, 0.1) is 5.82 Å². The van der Waals surface area contributed by atoms with Gasteiger partial charge in [0.25, 0.3) is 5.91 Å². The van der Waals surface area contributed by atoms with Crippen LogP contribution in [0.3, 0.4) is 0 Å². The van der Waals surface area contributed by atoms with Gasteiger partial charge in [-0.25, -0.2) is 24.1 Å². The number of hydrogen-bond acceptors (Lipinski definition) is 8. The molecule has 12 nitrogen and oxygen atoms in total. The molecule has 35 heavy (non-hydrogen) atoms. The number of aromatic nitrogens is 4. The second kappa shape index (κ2) is 8.83. The topological polar surface area (TPSA) is 142 Å². The van der Waals surface area contributed by atoms with Crippen LogP contribution in [0.25, 0.3) is 11.2 Å². The van der Waals surface area contributed by atoms with Crippen LogP contribution in [0.5, 0.6) is 0 Å². The number of likely N-dealkylation sites (N-methyl/N-ethyl adjacent to an activating group) is 1. The Morgan fingerprint density at radius 3 is 2.71 bits per heavy atom. The van der Waals surface area contributed by atoms with Gasteiger partial charge in [0.2, 0.25) is 0 Å². The predicted octanol–water partition coefficient (Wildman–Crippen LogP) is 2.16. The van der Waals surface area contributed by atoms with E-state index in [1.807, 2.05) is 6.92 Å². The Bertz CT molecular complexity index is 1280. The molecule has 2 fully saturated rings. The van der Waals surface area contributed by atoms with Crippen LogP contribution in [0.15, 0.2) is 36.9 Å². The number of benzene rings is 1. The Morgan fingerprint density at radius 2 is 1.94 bits per heavy atom. The monoisotopic (exact) mass is 485 g/mol. The average Bonchev–Trinajstić information content (AvgIpc) is 3.45. The van der Waals surface area contributed by atoms with Crippen molar-refractivity contribution < 1.29 is 28.2 Å². The Kier molecular flexibility index (Phi) is 5.83. The molecule has 0 bridgehead atoms. The highest BCUT2D eigenvalue weighted by molar-refractivity contribution is 6.02. The third kappa shape index (κ3) is 4.40. The van der Waals surface area contributed by atoms with Crippen LogP contribution < -0.4 is 16.0 Å². The maximum Gasteiger partial charge on any atom is 0.324 e. The van der Waals surface area contributed by atoms with Crippen LogP contribution in [0.2, 0.25) is 0 Å². The van der Waals surface area contributed by atoms with E-state index in [4.69, 9.17) is 14.2 Å². The average molecular weight is 485 g/mol. The van der Waals surface area contributed by atoms with Crippen molar-refractivity contribution in [1.82, 2.24) is 24.8 Å². The maximum atomic E-state index is 13.4. The van der Waals surface area contributed by atoms with Gasteiger partial charge in [0, 0.05) is 12.2 Å². The summed E-state index contributed by atoms with van der Waals surface area (Å²) < 4.78 is 33.1. The van der Waals surface area contributed by atoms with E-state index < -0.39 is 42.2 Å². The number of rotatable bonds is 5. The lowest BCUT2D eigenvalue weighted by Gasteiger charge is -2.24. The van der Waals surface area contributed by atoms with E-state index in [9.17, 15) is 14.0 Å². The van der Waals surface area contributed by atoms with Gasteiger partial charge in [-0.3, -0.25) is 14.7 Å². The third-order valence-electron chi connectivity index (χ3n) is 5.59. The van der Waals surface area contributed by atoms with Crippen LogP contribution in [-0.2, 0) is 19.0 Å². The van der Waals surface area contributed by atoms with Gasteiger partial charge < -0.3 is 24.8 Å². The summed E-state index contributed by atoms with van der Waals surface area (Å²) in [6, 6.07) is 4.86. The van der Waals surface area contributed by atoms with Gasteiger partial charge in [-0.15, -0.1) is 0 Å². The van der Waals surface area contributed by atoms with Crippen molar-refractivity contribution in [2.75, 3.05) is 17.2 Å². The highest BCUT2D eigenvalue weighted by Gasteiger charge is 2.58. The number of halogens is 1. The molecule has 184 valence electrons. The highest BCUT2D eigenvalue weighted by Crippen LogP contribution is 2.44. The van der Waals surface area contributed by atoms with E-state index in [2.05, 4.69) is 30.9 Å². The number of nitrogens with one attached hydrogen (secondary N) is 3. The molecule has 0 saturated carbocycles. The first-order chi connectivity index (χ1) is 16.8. The van der Waals surface area contributed by atoms with E-state index in [0.717, 1.165) is 0 Å². The molecule has 4 heterocycles. The molecule has 2 aliphatic heterocycles. The van der Waals surface area contributed by atoms with Gasteiger partial charge in [-0.1, -0.05) is 6.07 Å². The van der Waals surface area contributed by atoms with Crippen molar-refractivity contribution in [3.63, 3.8) is 0 Å². The van der Waals surface area contributed by atoms with Crippen LogP contribution in [0.4, 0.5) is 20.7 Å². The number of carbonyl (C=O) groups excluding carboxylic acids is 2. The zero-order valence-electron chi connectivity index (χ0n) is 19.2. The summed E-state index contributed by atoms with van der Waals surface area (Å²) in [6.07, 6.45) is -0.134. The lowest BCUT2D eigenvalue weighted by Crippen LogP contribution is -2.42. The standard InChI is InChI=1S/C22H24FN7O5/c1-4-24-19(31)15-14-16(35-22(2,3)34-14)20(33-15)30-10-27-13-17(25-9-26-18(13)30)29-21(32)28-12-7-5-6-11(23)8-12/h5-10,14-16,20H,4H2,1-3H3,(H,24,31)(H2,25,26,28,29,32)/t14-,15+,16-,20-/m1/s1. The molecule has 0 aliphatic carbocycles. The van der Waals surface area contributed by atoms with Crippen LogP contribution in [-0.4, -0.2) is 62.1 Å². The number of carbonyl (C=O) groups is 2. The van der Waals surface area contributed by atoms with Crippen molar-refractivity contribution in [3.8, 4) is 0 Å². The lowest BCUT2D eigenvalue weighted by atomic mass is 10.1. The molecule has 3 N–H and O–H groups in total. The van der Waals surface area contributed by atoms with Crippen molar-refractivity contribution in [1.29, 1.82) is 0 Å². The molecular formula is C22H24FN7O5. The first-order valence-electron chi connectivity index (χ1n) is 11.1. The number of hydrogen-bond donors (Lipinski definition) is 3. The number of nitrogens with zero attached hydrogens (tertiary/aromatic N) is 4. The van der Waals surface area contributed by atoms with Crippen molar-refractivity contribution in [2.45, 2.75) is 51.1 Å². The van der Waals surface area contributed by atoms with Crippen LogP contribution in [0.1, 0.15) is 27.0 Å². The Balaban J connectivity index is 1.41. The molecule has 13 heteroatoms. The lowest BCUT2D eigenvalue weighted by molar-refractivity contribution is -0.197. The zero-order chi connectivity index (χ0) is 24.7. The predicted molar refractivity (Wildman–Crippen MR) is 121 cm³/mol. The minimum atomic E-state index is -0.908. The van der Waals surface area contributed by atoms with Gasteiger partial charge >= 0.3 is 6.03 Å². The number of urea groups is 1. The molecule has 5 rings (SSSR count). The molecule has 2 aliphatic rings. The first-order valence-corrected chi connectivity index (χ1v) is 11.1. The largest absolute Gasteiger partial charge is 0.354 e. The summed E-state index contributed by atoms with van der Waals surface area (Å²) in [7, 11) is 0. The summed E-state index contributed by atoms with van der Waals surface area (Å²) in [5, 5.41) is 7.89. The Labute approximate surface area is 199 Å². The second-order valence-corrected chi connectivity index (χ2v) is 8.54. The van der Waals surface area contributed by atoms with E-state index >= 15 is 0 Å². The van der Waals surface area contributed by atoms with Crippen molar-refractivity contribution in [3.05, 3.63) is 42.7 Å². The number of ether oxygens (including phenoxy) is 3. The second-order valence-electron chi connectivity index (χ2n) is 8.54. The van der Waals surface area contributed by atoms with Gasteiger partial charge in [0.05, 0.1) is 6.33 Å². The fourth-order valence-electron chi connectivity index (χ4n) is 4.25. The van der Waals surface area contributed by atoms with Gasteiger partial charge in [0.1, 0.15) is 24.4 Å². The Morgan fingerprint density at radius 1 is 1.14 bits per heavy atom. The van der Waals surface area contributed by atoms with Gasteiger partial charge in [-0.2, -0.15) is 0 Å². The Hall–Kier alpha value is -3.68. The number of imidazole rings is 1. The SMILES string of the molecule is CCNC(=O)[C@H]1O[C@@H](n2cnc3c(NC(=O)Nc4cccc(F)c4)ncnc32)[C@@H]2OC(C)(C)O[C@@H]21. The molecule has 2 saturated heterocycles. The summed E-state index contributed by atoms with van der Waals surface area (Å²) in [6.45, 7) is 5.80. The van der Waals surface area contributed by atoms with E-state index in [1.54, 1.807) is 24.5 Å². The number of anilines is 2. The first kappa shape index (κ1) is 23.1. The summed E-state index contributed by atoms with van der Waals surface area (Å²) in [4.78, 5) is 37.8. The third-order valence-corrected chi connectivity index (χ3v) is 5.59. The van der Waals surface area contributed by atoms with Crippen LogP contribution >= 0.6 is 0 Å². The summed E-state index contributed by atoms with van der Waals surface area (Å²) >= 11 is 0. The molecule has 2 aromatic heterocycles. The fraction of sp³-hybridized carbons (Fsp3) is 0.409. The summed E-state index contributed by atoms with van der Waals surface area (Å²) in [5.74, 6) is -1.55. The zero-order valence-corrected chi connectivity index (χ0v) is 19.2. The van der Waals surface area contributed by atoms with Gasteiger partial charge in [0.15, 0.2) is 35.1 Å². The molecule has 0 radical (unpaired) electrons. The molecule has 0 unspecified atom stereocenters. The molecule has 1 aromatic carbocycles. The van der Waals surface area contributed by atoms with Gasteiger partial charge in [-0.05, 0) is 39.0 Å². The quantitative estimate of drug-likeness (QED) is 0.499. The molecule has 4 atom stereocenters. The highest BCUT2D eigenvalue weighted by atomic mass is 19.1. The molecular weight excluding hydrogens is 461 g/mol. The number of amides is 3. The molecule has 3 aromatic rings. The number of fused-ring (bicyclic) bond motifs is 2. The van der Waals surface area contributed by atoms with E-state index in [0.29, 0.717) is 17.7 Å². The van der Waals surface area contributed by atoms with Crippen molar-refractivity contribution in [2.24, 2.45) is 0 Å². The maximum absolute atomic E-state index is 13.4. The normalized spacial score (nSPS) is 24.8. The molecule has 3 amide bonds. The van der Waals surface area contributed by atoms with Crippen molar-refractivity contribution >= 4 is 34.6 Å². The van der Waals surface area contributed by atoms with E-state index in [1.165, 1.54) is 30.9 Å². The molecule has 0 spiro atoms. The summed E-state index contributed by atoms with van der Waals surface area (Å²) in [5.41, 5.74) is 0.928.